The summed E-state index contributed by atoms with van der Waals surface area (Å²) in [7, 11) is 0. The van der Waals surface area contributed by atoms with Gasteiger partial charge in [0.25, 0.3) is 0 Å². The Morgan fingerprint density at radius 1 is 1.06 bits per heavy atom. The largest absolute Gasteiger partial charge is 0.353 e. The molecule has 0 spiro atoms. The van der Waals surface area contributed by atoms with Crippen LogP contribution in [0.2, 0.25) is 0 Å². The van der Waals surface area contributed by atoms with Crippen LogP contribution in [0.15, 0.2) is 30.3 Å². The van der Waals surface area contributed by atoms with Crippen LogP contribution >= 0.6 is 11.6 Å². The number of rotatable bonds is 7. The van der Waals surface area contributed by atoms with E-state index in [0.717, 1.165) is 63.8 Å². The van der Waals surface area contributed by atoms with Gasteiger partial charge < -0.3 is 11.1 Å². The van der Waals surface area contributed by atoms with Gasteiger partial charge in [0, 0.05) is 11.9 Å². The van der Waals surface area contributed by atoms with Crippen LogP contribution in [0.5, 0.6) is 0 Å². The summed E-state index contributed by atoms with van der Waals surface area (Å²) in [6.07, 6.45) is 12.4. The zero-order chi connectivity index (χ0) is 22.4. The van der Waals surface area contributed by atoms with Crippen LogP contribution in [0.4, 0.5) is 0 Å². The monoisotopic (exact) mass is 456 g/mol. The van der Waals surface area contributed by atoms with E-state index in [0.29, 0.717) is 35.1 Å². The van der Waals surface area contributed by atoms with E-state index in [-0.39, 0.29) is 10.8 Å². The minimum Gasteiger partial charge on any atom is -0.353 e. The Morgan fingerprint density at radius 3 is 2.28 bits per heavy atom. The molecule has 1 amide bonds. The Kier molecular flexibility index (Phi) is 6.12. The number of nitrogens with one attached hydrogen (secondary N) is 1. The molecule has 5 aliphatic rings. The molecule has 0 aromatic heterocycles. The average molecular weight is 457 g/mol. The van der Waals surface area contributed by atoms with Crippen molar-refractivity contribution in [3.05, 3.63) is 35.9 Å². The number of halogens is 1. The van der Waals surface area contributed by atoms with Crippen molar-refractivity contribution >= 4 is 17.5 Å². The Labute approximate surface area is 199 Å². The molecule has 5 saturated carbocycles. The fourth-order valence-corrected chi connectivity index (χ4v) is 9.25. The molecular weight excluding hydrogens is 416 g/mol. The Hall–Kier alpha value is -1.06. The highest BCUT2D eigenvalue weighted by atomic mass is 35.5. The van der Waals surface area contributed by atoms with Crippen LogP contribution in [0.3, 0.4) is 0 Å². The van der Waals surface area contributed by atoms with E-state index in [1.165, 1.54) is 24.8 Å². The highest BCUT2D eigenvalue weighted by molar-refractivity contribution is 6.17. The van der Waals surface area contributed by atoms with Crippen molar-refractivity contribution in [1.29, 1.82) is 0 Å². The lowest BCUT2D eigenvalue weighted by Crippen LogP contribution is -2.66. The first-order valence-electron chi connectivity index (χ1n) is 13.1. The second-order valence-electron chi connectivity index (χ2n) is 11.8. The predicted octanol–water partition coefficient (Wildman–Crippen LogP) is 5.79. The van der Waals surface area contributed by atoms with Gasteiger partial charge in [-0.25, -0.2) is 0 Å². The minimum atomic E-state index is -0.197. The number of hydrogen-bond acceptors (Lipinski definition) is 2. The fraction of sp³-hybridized carbons (Fsp3) is 0.750. The molecular formula is C28H41ClN2O. The van der Waals surface area contributed by atoms with E-state index >= 15 is 0 Å². The zero-order valence-electron chi connectivity index (χ0n) is 19.8. The zero-order valence-corrected chi connectivity index (χ0v) is 20.5. The van der Waals surface area contributed by atoms with Gasteiger partial charge in [-0.15, -0.1) is 11.6 Å². The van der Waals surface area contributed by atoms with Gasteiger partial charge in [0.1, 0.15) is 0 Å². The van der Waals surface area contributed by atoms with E-state index < -0.39 is 0 Å². The first kappa shape index (κ1) is 22.7. The number of hydrogen-bond donors (Lipinski definition) is 2. The standard InChI is InChI=1S/C28H41ClN2O/c1-2-28(12-13-29)22-14-26(21-6-4-3-5-7-21)15-23(28)17-27(16-22,19-26)25(32)31-24-10-8-20(18-30)9-11-24/h3-7,20,22-24H,2,8-19,30H2,1H3,(H,31,32). The molecule has 2 unspecified atom stereocenters. The van der Waals surface area contributed by atoms with Crippen molar-refractivity contribution in [3.63, 3.8) is 0 Å². The summed E-state index contributed by atoms with van der Waals surface area (Å²) in [6.45, 7) is 3.15. The third kappa shape index (κ3) is 3.54. The second-order valence-corrected chi connectivity index (χ2v) is 12.1. The van der Waals surface area contributed by atoms with Crippen molar-refractivity contribution in [3.8, 4) is 0 Å². The highest BCUT2D eigenvalue weighted by Gasteiger charge is 2.67. The first-order valence-corrected chi connectivity index (χ1v) is 13.7. The lowest BCUT2D eigenvalue weighted by atomic mass is 9.35. The van der Waals surface area contributed by atoms with Crippen molar-refractivity contribution in [2.24, 2.45) is 34.3 Å². The number of alkyl halides is 1. The van der Waals surface area contributed by atoms with Gasteiger partial charge in [-0.1, -0.05) is 37.3 Å². The van der Waals surface area contributed by atoms with Crippen molar-refractivity contribution in [2.45, 2.75) is 89.0 Å². The summed E-state index contributed by atoms with van der Waals surface area (Å²) in [4.78, 5) is 14.0. The fourth-order valence-electron chi connectivity index (χ4n) is 8.89. The maximum Gasteiger partial charge on any atom is 0.226 e. The second kappa shape index (κ2) is 8.62. The van der Waals surface area contributed by atoms with Crippen LogP contribution in [-0.4, -0.2) is 24.4 Å². The van der Waals surface area contributed by atoms with Gasteiger partial charge in [0.2, 0.25) is 5.91 Å². The topological polar surface area (TPSA) is 55.1 Å². The molecule has 4 bridgehead atoms. The van der Waals surface area contributed by atoms with Crippen LogP contribution in [-0.2, 0) is 10.2 Å². The Morgan fingerprint density at radius 2 is 1.72 bits per heavy atom. The normalized spacial score (nSPS) is 42.7. The van der Waals surface area contributed by atoms with E-state index in [1.54, 1.807) is 0 Å². The first-order chi connectivity index (χ1) is 15.5. The number of carbonyl (C=O) groups is 1. The molecule has 176 valence electrons. The molecule has 4 heteroatoms. The molecule has 1 aromatic rings. The molecule has 0 saturated heterocycles. The molecule has 3 N–H and O–H groups in total. The summed E-state index contributed by atoms with van der Waals surface area (Å²) < 4.78 is 0. The molecule has 2 atom stereocenters. The molecule has 1 aromatic carbocycles. The lowest BCUT2D eigenvalue weighted by Gasteiger charge is -2.69. The summed E-state index contributed by atoms with van der Waals surface area (Å²) in [5.41, 5.74) is 7.64. The summed E-state index contributed by atoms with van der Waals surface area (Å²) in [5.74, 6) is 2.95. The SMILES string of the molecule is CCC1(CCCl)C2CC3(C(=O)NC4CCC(CN)CC4)CC1CC(c1ccccc1)(C2)C3. The number of carbonyl (C=O) groups excluding carboxylic acids is 1. The highest BCUT2D eigenvalue weighted by Crippen LogP contribution is 2.72. The molecule has 5 aliphatic carbocycles. The van der Waals surface area contributed by atoms with Gasteiger partial charge in [-0.3, -0.25) is 4.79 Å². The van der Waals surface area contributed by atoms with Gasteiger partial charge in [0.05, 0.1) is 5.41 Å². The van der Waals surface area contributed by atoms with Crippen molar-refractivity contribution in [1.82, 2.24) is 5.32 Å². The van der Waals surface area contributed by atoms with E-state index in [1.807, 2.05) is 0 Å². The van der Waals surface area contributed by atoms with Crippen LogP contribution in [0.1, 0.15) is 83.1 Å². The van der Waals surface area contributed by atoms with E-state index in [9.17, 15) is 4.79 Å². The molecule has 6 rings (SSSR count). The van der Waals surface area contributed by atoms with Crippen molar-refractivity contribution in [2.75, 3.05) is 12.4 Å². The van der Waals surface area contributed by atoms with Crippen LogP contribution in [0.25, 0.3) is 0 Å². The molecule has 0 heterocycles. The van der Waals surface area contributed by atoms with E-state index in [2.05, 4.69) is 42.6 Å². The maximum absolute atomic E-state index is 14.0. The van der Waals surface area contributed by atoms with Gasteiger partial charge in [-0.2, -0.15) is 0 Å². The maximum atomic E-state index is 14.0. The summed E-state index contributed by atoms with van der Waals surface area (Å²) in [5, 5.41) is 3.56. The molecule has 0 aliphatic heterocycles. The lowest BCUT2D eigenvalue weighted by molar-refractivity contribution is -0.181. The van der Waals surface area contributed by atoms with Crippen LogP contribution < -0.4 is 11.1 Å². The van der Waals surface area contributed by atoms with Gasteiger partial charge in [-0.05, 0) is 111 Å². The molecule has 0 radical (unpaired) electrons. The third-order valence-electron chi connectivity index (χ3n) is 10.5. The number of benzene rings is 1. The van der Waals surface area contributed by atoms with Crippen LogP contribution in [0, 0.1) is 28.6 Å². The Balaban J connectivity index is 1.44. The Bertz CT molecular complexity index is 800. The predicted molar refractivity (Wildman–Crippen MR) is 132 cm³/mol. The number of nitrogens with two attached hydrogens (primary N) is 1. The quantitative estimate of drug-likeness (QED) is 0.510. The molecule has 5 fully saturated rings. The van der Waals surface area contributed by atoms with Crippen molar-refractivity contribution < 1.29 is 4.79 Å². The molecule has 3 nitrogen and oxygen atoms in total. The summed E-state index contributed by atoms with van der Waals surface area (Å²) in [6, 6.07) is 11.5. The number of amides is 1. The summed E-state index contributed by atoms with van der Waals surface area (Å²) >= 11 is 6.38. The van der Waals surface area contributed by atoms with Gasteiger partial charge in [0.15, 0.2) is 0 Å². The third-order valence-corrected chi connectivity index (χ3v) is 10.6. The minimum absolute atomic E-state index is 0.159. The molecule has 32 heavy (non-hydrogen) atoms. The van der Waals surface area contributed by atoms with Gasteiger partial charge >= 0.3 is 0 Å². The van der Waals surface area contributed by atoms with E-state index in [4.69, 9.17) is 17.3 Å². The average Bonchev–Trinajstić information content (AvgIpc) is 2.82. The smallest absolute Gasteiger partial charge is 0.226 e.